The topological polar surface area (TPSA) is 37.7 Å². The van der Waals surface area contributed by atoms with Gasteiger partial charge in [-0.05, 0) is 44.2 Å². The van der Waals surface area contributed by atoms with E-state index in [1.807, 2.05) is 19.2 Å². The fourth-order valence-electron chi connectivity index (χ4n) is 3.60. The zero-order valence-corrected chi connectivity index (χ0v) is 16.5. The van der Waals surface area contributed by atoms with Crippen LogP contribution in [0.5, 0.6) is 5.75 Å². The summed E-state index contributed by atoms with van der Waals surface area (Å²) < 4.78 is 7.31. The van der Waals surface area contributed by atoms with Gasteiger partial charge in [0.05, 0.1) is 7.11 Å². The van der Waals surface area contributed by atoms with Crippen LogP contribution in [0, 0.1) is 6.92 Å². The first-order valence-corrected chi connectivity index (χ1v) is 9.16. The van der Waals surface area contributed by atoms with E-state index in [1.165, 1.54) is 5.56 Å². The highest BCUT2D eigenvalue weighted by molar-refractivity contribution is 5.66. The molecule has 0 spiro atoms. The molecule has 2 aromatic rings. The maximum absolute atomic E-state index is 11.9. The van der Waals surface area contributed by atoms with Gasteiger partial charge in [0.15, 0.2) is 0 Å². The summed E-state index contributed by atoms with van der Waals surface area (Å²) >= 11 is 0. The van der Waals surface area contributed by atoms with Crippen LogP contribution in [0.2, 0.25) is 0 Å². The minimum absolute atomic E-state index is 0.0431. The molecule has 1 aliphatic rings. The predicted octanol–water partition coefficient (Wildman–Crippen LogP) is 2.51. The summed E-state index contributed by atoms with van der Waals surface area (Å²) in [4.78, 5) is 16.8. The Morgan fingerprint density at radius 3 is 2.58 bits per heavy atom. The molecule has 1 aliphatic heterocycles. The molecule has 0 aliphatic carbocycles. The Bertz CT molecular complexity index is 817. The average molecular weight is 355 g/mol. The van der Waals surface area contributed by atoms with Gasteiger partial charge in [0, 0.05) is 56.6 Å². The predicted molar refractivity (Wildman–Crippen MR) is 106 cm³/mol. The summed E-state index contributed by atoms with van der Waals surface area (Å²) in [6.45, 7) is 8.26. The molecule has 1 unspecified atom stereocenters. The lowest BCUT2D eigenvalue weighted by Crippen LogP contribution is -2.49. The van der Waals surface area contributed by atoms with E-state index in [0.29, 0.717) is 6.04 Å². The number of piperazine rings is 1. The number of nitrogens with zero attached hydrogens (tertiary/aromatic N) is 3. The second-order valence-corrected chi connectivity index (χ2v) is 7.42. The van der Waals surface area contributed by atoms with E-state index in [4.69, 9.17) is 4.74 Å². The molecule has 3 rings (SSSR count). The fourth-order valence-corrected chi connectivity index (χ4v) is 3.60. The second kappa shape index (κ2) is 7.64. The molecular weight excluding hydrogens is 326 g/mol. The van der Waals surface area contributed by atoms with E-state index in [1.54, 1.807) is 18.7 Å². The second-order valence-electron chi connectivity index (χ2n) is 7.42. The zero-order valence-electron chi connectivity index (χ0n) is 16.5. The minimum atomic E-state index is 0.0431. The summed E-state index contributed by atoms with van der Waals surface area (Å²) in [7, 11) is 5.70. The van der Waals surface area contributed by atoms with Crippen LogP contribution in [0.15, 0.2) is 35.3 Å². The summed E-state index contributed by atoms with van der Waals surface area (Å²) in [5, 5.41) is 0. The first-order chi connectivity index (χ1) is 12.4. The maximum Gasteiger partial charge on any atom is 0.253 e. The van der Waals surface area contributed by atoms with Gasteiger partial charge in [-0.1, -0.05) is 12.1 Å². The molecule has 5 nitrogen and oxygen atoms in total. The standard InChI is InChI=1S/C21H29N3O2/c1-15-10-19(13-23(4)21(15)25)17-6-7-18(20(11-17)26-5)14-24-9-8-22(3)16(2)12-24/h6-7,10-11,13,16H,8-9,12,14H2,1-5H3. The van der Waals surface area contributed by atoms with Crippen molar-refractivity contribution in [3.8, 4) is 16.9 Å². The van der Waals surface area contributed by atoms with Crippen LogP contribution in [0.4, 0.5) is 0 Å². The summed E-state index contributed by atoms with van der Waals surface area (Å²) in [5.74, 6) is 0.903. The Morgan fingerprint density at radius 2 is 1.92 bits per heavy atom. The monoisotopic (exact) mass is 355 g/mol. The fraction of sp³-hybridized carbons (Fsp3) is 0.476. The van der Waals surface area contributed by atoms with Crippen LogP contribution in [-0.2, 0) is 13.6 Å². The number of benzene rings is 1. The molecule has 1 atom stereocenters. The third kappa shape index (κ3) is 3.84. The smallest absolute Gasteiger partial charge is 0.253 e. The molecule has 0 radical (unpaired) electrons. The molecule has 1 fully saturated rings. The van der Waals surface area contributed by atoms with Gasteiger partial charge in [0.2, 0.25) is 0 Å². The van der Waals surface area contributed by atoms with Crippen molar-refractivity contribution in [2.75, 3.05) is 33.8 Å². The Morgan fingerprint density at radius 1 is 1.15 bits per heavy atom. The van der Waals surface area contributed by atoms with Gasteiger partial charge in [0.1, 0.15) is 5.75 Å². The summed E-state index contributed by atoms with van der Waals surface area (Å²) in [5.41, 5.74) is 4.09. The number of likely N-dealkylation sites (N-methyl/N-ethyl adjacent to an activating group) is 1. The molecule has 5 heteroatoms. The van der Waals surface area contributed by atoms with Crippen molar-refractivity contribution in [1.82, 2.24) is 14.4 Å². The van der Waals surface area contributed by atoms with Crippen molar-refractivity contribution < 1.29 is 4.74 Å². The van der Waals surface area contributed by atoms with Crippen LogP contribution in [0.3, 0.4) is 0 Å². The van der Waals surface area contributed by atoms with Crippen molar-refractivity contribution in [3.63, 3.8) is 0 Å². The van der Waals surface area contributed by atoms with Gasteiger partial charge in [-0.15, -0.1) is 0 Å². The first kappa shape index (κ1) is 18.7. The van der Waals surface area contributed by atoms with Crippen molar-refractivity contribution >= 4 is 0 Å². The average Bonchev–Trinajstić information content (AvgIpc) is 2.62. The largest absolute Gasteiger partial charge is 0.496 e. The van der Waals surface area contributed by atoms with Gasteiger partial charge in [-0.2, -0.15) is 0 Å². The highest BCUT2D eigenvalue weighted by Crippen LogP contribution is 2.28. The van der Waals surface area contributed by atoms with E-state index in [2.05, 4.69) is 42.0 Å². The molecule has 0 N–H and O–H groups in total. The molecule has 0 bridgehead atoms. The number of rotatable bonds is 4. The van der Waals surface area contributed by atoms with Gasteiger partial charge < -0.3 is 14.2 Å². The summed E-state index contributed by atoms with van der Waals surface area (Å²) in [6.07, 6.45) is 1.88. The van der Waals surface area contributed by atoms with Crippen LogP contribution < -0.4 is 10.3 Å². The number of aromatic nitrogens is 1. The van der Waals surface area contributed by atoms with Crippen molar-refractivity contribution in [2.24, 2.45) is 7.05 Å². The maximum atomic E-state index is 11.9. The van der Waals surface area contributed by atoms with Crippen molar-refractivity contribution in [2.45, 2.75) is 26.4 Å². The van der Waals surface area contributed by atoms with E-state index in [0.717, 1.165) is 48.6 Å². The lowest BCUT2D eigenvalue weighted by molar-refractivity contribution is 0.0993. The quantitative estimate of drug-likeness (QED) is 0.845. The molecule has 1 saturated heterocycles. The number of pyridine rings is 1. The van der Waals surface area contributed by atoms with Crippen LogP contribution >= 0.6 is 0 Å². The van der Waals surface area contributed by atoms with Gasteiger partial charge >= 0.3 is 0 Å². The molecule has 1 aromatic heterocycles. The molecular formula is C21H29N3O2. The number of methoxy groups -OCH3 is 1. The van der Waals surface area contributed by atoms with E-state index >= 15 is 0 Å². The molecule has 1 aromatic carbocycles. The van der Waals surface area contributed by atoms with Crippen LogP contribution in [-0.4, -0.2) is 54.2 Å². The number of aryl methyl sites for hydroxylation is 2. The first-order valence-electron chi connectivity index (χ1n) is 9.16. The number of ether oxygens (including phenoxy) is 1. The Labute approximate surface area is 155 Å². The molecule has 140 valence electrons. The van der Waals surface area contributed by atoms with Crippen molar-refractivity contribution in [3.05, 3.63) is 51.9 Å². The highest BCUT2D eigenvalue weighted by atomic mass is 16.5. The molecule has 0 amide bonds. The van der Waals surface area contributed by atoms with Crippen LogP contribution in [0.25, 0.3) is 11.1 Å². The SMILES string of the molecule is COc1cc(-c2cc(C)c(=O)n(C)c2)ccc1CN1CCN(C)C(C)C1. The molecule has 26 heavy (non-hydrogen) atoms. The highest BCUT2D eigenvalue weighted by Gasteiger charge is 2.21. The van der Waals surface area contributed by atoms with E-state index in [-0.39, 0.29) is 5.56 Å². The molecule has 0 saturated carbocycles. The Hall–Kier alpha value is -2.11. The van der Waals surface area contributed by atoms with Gasteiger partial charge in [-0.3, -0.25) is 9.69 Å². The Balaban J connectivity index is 1.85. The number of hydrogen-bond donors (Lipinski definition) is 0. The normalized spacial score (nSPS) is 18.9. The molecule has 2 heterocycles. The number of hydrogen-bond acceptors (Lipinski definition) is 4. The summed E-state index contributed by atoms with van der Waals surface area (Å²) in [6, 6.07) is 8.86. The zero-order chi connectivity index (χ0) is 18.8. The third-order valence-electron chi connectivity index (χ3n) is 5.42. The van der Waals surface area contributed by atoms with Gasteiger partial charge in [-0.25, -0.2) is 0 Å². The van der Waals surface area contributed by atoms with E-state index < -0.39 is 0 Å². The van der Waals surface area contributed by atoms with E-state index in [9.17, 15) is 4.79 Å². The lowest BCUT2D eigenvalue weighted by Gasteiger charge is -2.37. The Kier molecular flexibility index (Phi) is 5.49. The van der Waals surface area contributed by atoms with Crippen LogP contribution in [0.1, 0.15) is 18.1 Å². The van der Waals surface area contributed by atoms with Gasteiger partial charge in [0.25, 0.3) is 5.56 Å². The van der Waals surface area contributed by atoms with Crippen molar-refractivity contribution in [1.29, 1.82) is 0 Å². The third-order valence-corrected chi connectivity index (χ3v) is 5.42. The minimum Gasteiger partial charge on any atom is -0.496 e. The lowest BCUT2D eigenvalue weighted by atomic mass is 10.0.